The molecule has 0 unspecified atom stereocenters. The summed E-state index contributed by atoms with van der Waals surface area (Å²) in [6.07, 6.45) is 1.46. The molecule has 0 aliphatic heterocycles. The summed E-state index contributed by atoms with van der Waals surface area (Å²) in [4.78, 5) is 24.9. The van der Waals surface area contributed by atoms with E-state index in [1.807, 2.05) is 29.8 Å². The topological polar surface area (TPSA) is 120 Å². The van der Waals surface area contributed by atoms with Crippen LogP contribution in [-0.4, -0.2) is 46.0 Å². The number of anilines is 2. The Kier molecular flexibility index (Phi) is 7.12. The van der Waals surface area contributed by atoms with Gasteiger partial charge in [-0.2, -0.15) is 0 Å². The molecule has 4 rings (SSSR count). The highest BCUT2D eigenvalue weighted by Gasteiger charge is 2.16. The first-order valence-corrected chi connectivity index (χ1v) is 10.6. The number of hydrogen-bond acceptors (Lipinski definition) is 8. The fraction of sp³-hybridized carbons (Fsp3) is 0.174. The molecule has 176 valence electrons. The zero-order chi connectivity index (χ0) is 24.1. The van der Waals surface area contributed by atoms with Gasteiger partial charge in [-0.3, -0.25) is 15.0 Å². The Balaban J connectivity index is 1.60. The largest absolute Gasteiger partial charge is 0.493 e. The molecule has 11 heteroatoms. The number of hydrogen-bond donors (Lipinski definition) is 3. The number of carbonyl (C=O) groups excluding carboxylic acids is 1. The van der Waals surface area contributed by atoms with Gasteiger partial charge in [-0.15, -0.1) is 0 Å². The number of fused-ring (bicyclic) bond motifs is 1. The SMILES string of the molecule is COc1cc2c(cc1Oc1ccnc(C(=O)NCCOO)c1)nc(Nc1ccc(Cl)cc1)n2C. The van der Waals surface area contributed by atoms with Crippen molar-refractivity contribution in [2.75, 3.05) is 25.6 Å². The Morgan fingerprint density at radius 3 is 2.68 bits per heavy atom. The molecule has 0 aliphatic carbocycles. The number of imidazole rings is 1. The predicted octanol–water partition coefficient (Wildman–Crippen LogP) is 4.39. The normalized spacial score (nSPS) is 10.8. The summed E-state index contributed by atoms with van der Waals surface area (Å²) < 4.78 is 13.4. The molecule has 0 atom stereocenters. The van der Waals surface area contributed by atoms with Crippen molar-refractivity contribution in [1.82, 2.24) is 19.9 Å². The van der Waals surface area contributed by atoms with Gasteiger partial charge in [0.25, 0.3) is 5.91 Å². The molecule has 2 aromatic heterocycles. The molecule has 34 heavy (non-hydrogen) atoms. The van der Waals surface area contributed by atoms with Crippen LogP contribution in [0.4, 0.5) is 11.6 Å². The lowest BCUT2D eigenvalue weighted by molar-refractivity contribution is -0.240. The van der Waals surface area contributed by atoms with Crippen LogP contribution in [0.3, 0.4) is 0 Å². The van der Waals surface area contributed by atoms with E-state index in [4.69, 9.17) is 26.3 Å². The fourth-order valence-corrected chi connectivity index (χ4v) is 3.37. The van der Waals surface area contributed by atoms with E-state index in [1.54, 1.807) is 31.4 Å². The number of ether oxygens (including phenoxy) is 2. The first-order valence-electron chi connectivity index (χ1n) is 10.2. The number of rotatable bonds is 9. The number of benzene rings is 2. The van der Waals surface area contributed by atoms with Crippen LogP contribution >= 0.6 is 11.6 Å². The van der Waals surface area contributed by atoms with Crippen LogP contribution in [0, 0.1) is 0 Å². The number of aromatic nitrogens is 3. The summed E-state index contributed by atoms with van der Waals surface area (Å²) in [5, 5.41) is 14.9. The summed E-state index contributed by atoms with van der Waals surface area (Å²) >= 11 is 5.97. The second kappa shape index (κ2) is 10.4. The number of halogens is 1. The van der Waals surface area contributed by atoms with E-state index >= 15 is 0 Å². The van der Waals surface area contributed by atoms with Crippen LogP contribution in [0.5, 0.6) is 17.2 Å². The van der Waals surface area contributed by atoms with E-state index in [1.165, 1.54) is 12.3 Å². The van der Waals surface area contributed by atoms with Gasteiger partial charge in [0.05, 0.1) is 24.8 Å². The molecule has 0 radical (unpaired) electrons. The van der Waals surface area contributed by atoms with E-state index in [-0.39, 0.29) is 18.8 Å². The van der Waals surface area contributed by atoms with Crippen molar-refractivity contribution in [3.63, 3.8) is 0 Å². The Morgan fingerprint density at radius 1 is 1.15 bits per heavy atom. The monoisotopic (exact) mass is 483 g/mol. The van der Waals surface area contributed by atoms with Crippen LogP contribution in [0.2, 0.25) is 5.02 Å². The fourth-order valence-electron chi connectivity index (χ4n) is 3.24. The lowest BCUT2D eigenvalue weighted by Crippen LogP contribution is -2.27. The van der Waals surface area contributed by atoms with Gasteiger partial charge in [0, 0.05) is 48.7 Å². The Labute approximate surface area is 200 Å². The average molecular weight is 484 g/mol. The first kappa shape index (κ1) is 23.3. The minimum absolute atomic E-state index is 0.0297. The van der Waals surface area contributed by atoms with Crippen LogP contribution in [0.25, 0.3) is 11.0 Å². The summed E-state index contributed by atoms with van der Waals surface area (Å²) in [7, 11) is 3.44. The Bertz CT molecular complexity index is 1310. The third-order valence-corrected chi connectivity index (χ3v) is 5.19. The van der Waals surface area contributed by atoms with Crippen molar-refractivity contribution in [3.8, 4) is 17.2 Å². The highest BCUT2D eigenvalue weighted by molar-refractivity contribution is 6.30. The van der Waals surface area contributed by atoms with Crippen molar-refractivity contribution in [2.45, 2.75) is 0 Å². The molecule has 3 N–H and O–H groups in total. The zero-order valence-electron chi connectivity index (χ0n) is 18.4. The number of nitrogens with one attached hydrogen (secondary N) is 2. The average Bonchev–Trinajstić information content (AvgIpc) is 3.14. The van der Waals surface area contributed by atoms with Gasteiger partial charge in [-0.1, -0.05) is 11.6 Å². The zero-order valence-corrected chi connectivity index (χ0v) is 19.2. The number of aryl methyl sites for hydroxylation is 1. The molecule has 10 nitrogen and oxygen atoms in total. The van der Waals surface area contributed by atoms with Gasteiger partial charge >= 0.3 is 0 Å². The second-order valence-electron chi connectivity index (χ2n) is 7.19. The van der Waals surface area contributed by atoms with Crippen molar-refractivity contribution in [3.05, 3.63) is 65.4 Å². The highest BCUT2D eigenvalue weighted by atomic mass is 35.5. The van der Waals surface area contributed by atoms with Gasteiger partial charge < -0.3 is 24.7 Å². The molecular formula is C23H22ClN5O5. The number of nitrogens with zero attached hydrogens (tertiary/aromatic N) is 3. The number of amides is 1. The van der Waals surface area contributed by atoms with Crippen LogP contribution in [-0.2, 0) is 11.9 Å². The molecule has 0 bridgehead atoms. The van der Waals surface area contributed by atoms with Crippen molar-refractivity contribution in [2.24, 2.45) is 7.05 Å². The summed E-state index contributed by atoms with van der Waals surface area (Å²) in [6.45, 7) is 0.108. The van der Waals surface area contributed by atoms with Crippen LogP contribution < -0.4 is 20.1 Å². The molecule has 2 aromatic carbocycles. The maximum Gasteiger partial charge on any atom is 0.270 e. The number of pyridine rings is 1. The molecule has 0 saturated heterocycles. The van der Waals surface area contributed by atoms with Gasteiger partial charge in [0.15, 0.2) is 11.5 Å². The second-order valence-corrected chi connectivity index (χ2v) is 7.62. The molecule has 0 saturated carbocycles. The van der Waals surface area contributed by atoms with Gasteiger partial charge in [-0.05, 0) is 30.3 Å². The standard InChI is InChI=1S/C23H22ClN5O5/c1-29-19-13-20(32-2)21(12-17(19)28-23(29)27-15-5-3-14(24)4-6-15)34-16-7-8-25-18(11-16)22(30)26-9-10-33-31/h3-8,11-13,31H,9-10H2,1-2H3,(H,26,30)(H,27,28). The molecule has 0 aliphatic rings. The highest BCUT2D eigenvalue weighted by Crippen LogP contribution is 2.36. The molecule has 0 spiro atoms. The van der Waals surface area contributed by atoms with E-state index < -0.39 is 5.91 Å². The molecule has 1 amide bonds. The van der Waals surface area contributed by atoms with Crippen molar-refractivity contribution in [1.29, 1.82) is 0 Å². The maximum atomic E-state index is 12.2. The predicted molar refractivity (Wildman–Crippen MR) is 127 cm³/mol. The van der Waals surface area contributed by atoms with Crippen molar-refractivity contribution >= 4 is 40.2 Å². The Hall–Kier alpha value is -3.86. The van der Waals surface area contributed by atoms with E-state index in [0.717, 1.165) is 11.2 Å². The summed E-state index contributed by atoms with van der Waals surface area (Å²) in [5.41, 5.74) is 2.52. The lowest BCUT2D eigenvalue weighted by atomic mass is 10.2. The van der Waals surface area contributed by atoms with Gasteiger partial charge in [-0.25, -0.2) is 9.87 Å². The first-order chi connectivity index (χ1) is 16.5. The number of methoxy groups -OCH3 is 1. The summed E-state index contributed by atoms with van der Waals surface area (Å²) in [5.74, 6) is 1.53. The van der Waals surface area contributed by atoms with Crippen LogP contribution in [0.15, 0.2) is 54.7 Å². The third kappa shape index (κ3) is 5.20. The summed E-state index contributed by atoms with van der Waals surface area (Å²) in [6, 6.07) is 14.0. The van der Waals surface area contributed by atoms with Crippen molar-refractivity contribution < 1.29 is 24.4 Å². The van der Waals surface area contributed by atoms with Crippen LogP contribution in [0.1, 0.15) is 10.5 Å². The number of carbonyl (C=O) groups is 1. The quantitative estimate of drug-likeness (QED) is 0.182. The minimum Gasteiger partial charge on any atom is -0.493 e. The molecule has 4 aromatic rings. The molecule has 0 fully saturated rings. The molecule has 2 heterocycles. The molecular weight excluding hydrogens is 462 g/mol. The lowest BCUT2D eigenvalue weighted by Gasteiger charge is -2.11. The maximum absolute atomic E-state index is 12.2. The van der Waals surface area contributed by atoms with E-state index in [9.17, 15) is 4.79 Å². The van der Waals surface area contributed by atoms with Gasteiger partial charge in [0.2, 0.25) is 5.95 Å². The minimum atomic E-state index is -0.424. The Morgan fingerprint density at radius 2 is 1.94 bits per heavy atom. The van der Waals surface area contributed by atoms with Gasteiger partial charge in [0.1, 0.15) is 11.4 Å². The van der Waals surface area contributed by atoms with E-state index in [0.29, 0.717) is 33.7 Å². The third-order valence-electron chi connectivity index (χ3n) is 4.94. The van der Waals surface area contributed by atoms with E-state index in [2.05, 4.69) is 25.5 Å². The smallest absolute Gasteiger partial charge is 0.270 e.